The topological polar surface area (TPSA) is 55.4 Å². The molecule has 1 amide bonds. The van der Waals surface area contributed by atoms with Gasteiger partial charge in [0.2, 0.25) is 5.91 Å². The summed E-state index contributed by atoms with van der Waals surface area (Å²) in [6.45, 7) is 1.57. The minimum Gasteiger partial charge on any atom is -0.467 e. The summed E-state index contributed by atoms with van der Waals surface area (Å²) in [6.07, 6.45) is 3.05. The van der Waals surface area contributed by atoms with E-state index in [1.807, 2.05) is 24.3 Å². The number of hydrogen-bond acceptors (Lipinski definition) is 3. The molecule has 0 aliphatic rings. The second kappa shape index (κ2) is 6.96. The van der Waals surface area contributed by atoms with Crippen molar-refractivity contribution in [1.82, 2.24) is 5.32 Å². The molecule has 1 unspecified atom stereocenters. The third-order valence-corrected chi connectivity index (χ3v) is 2.74. The van der Waals surface area contributed by atoms with Crippen molar-refractivity contribution in [2.45, 2.75) is 13.0 Å². The molecular weight excluding hydrogens is 298 g/mol. The molecule has 0 saturated heterocycles. The van der Waals surface area contributed by atoms with Crippen LogP contribution in [-0.2, 0) is 14.3 Å². The highest BCUT2D eigenvalue weighted by Crippen LogP contribution is 2.11. The summed E-state index contributed by atoms with van der Waals surface area (Å²) in [5.74, 6) is -0.809. The summed E-state index contributed by atoms with van der Waals surface area (Å²) in [7, 11) is 1.28. The third-order valence-electron chi connectivity index (χ3n) is 2.21. The first kappa shape index (κ1) is 14.4. The lowest BCUT2D eigenvalue weighted by Crippen LogP contribution is -2.38. The van der Waals surface area contributed by atoms with Gasteiger partial charge in [-0.3, -0.25) is 4.79 Å². The molecule has 1 aromatic carbocycles. The molecule has 4 nitrogen and oxygen atoms in total. The van der Waals surface area contributed by atoms with Crippen molar-refractivity contribution in [2.75, 3.05) is 7.11 Å². The SMILES string of the molecule is COC(=O)C(C)NC(=O)C=Cc1ccc(Br)cc1. The Morgan fingerprint density at radius 1 is 1.33 bits per heavy atom. The Kier molecular flexibility index (Phi) is 5.58. The van der Waals surface area contributed by atoms with Crippen LogP contribution in [0.25, 0.3) is 6.08 Å². The Balaban J connectivity index is 2.54. The molecular formula is C13H14BrNO3. The normalized spacial score (nSPS) is 12.2. The first-order valence-corrected chi connectivity index (χ1v) is 6.14. The van der Waals surface area contributed by atoms with Gasteiger partial charge in [0.25, 0.3) is 0 Å². The Morgan fingerprint density at radius 2 is 1.94 bits per heavy atom. The molecule has 0 saturated carbocycles. The van der Waals surface area contributed by atoms with Gasteiger partial charge in [0.15, 0.2) is 0 Å². The van der Waals surface area contributed by atoms with Gasteiger partial charge in [0.1, 0.15) is 6.04 Å². The minimum absolute atomic E-state index is 0.337. The van der Waals surface area contributed by atoms with Crippen LogP contribution in [0.3, 0.4) is 0 Å². The molecule has 0 radical (unpaired) electrons. The van der Waals surface area contributed by atoms with Crippen LogP contribution in [0, 0.1) is 0 Å². The van der Waals surface area contributed by atoms with Crippen LogP contribution in [0.2, 0.25) is 0 Å². The predicted octanol–water partition coefficient (Wildman–Crippen LogP) is 2.14. The van der Waals surface area contributed by atoms with E-state index in [9.17, 15) is 9.59 Å². The maximum atomic E-state index is 11.5. The first-order valence-electron chi connectivity index (χ1n) is 5.35. The molecule has 1 N–H and O–H groups in total. The molecule has 0 aliphatic heterocycles. The van der Waals surface area contributed by atoms with Crippen molar-refractivity contribution in [3.63, 3.8) is 0 Å². The minimum atomic E-state index is -0.655. The molecule has 1 atom stereocenters. The van der Waals surface area contributed by atoms with E-state index in [1.54, 1.807) is 13.0 Å². The molecule has 0 heterocycles. The average Bonchev–Trinajstić information content (AvgIpc) is 2.37. The van der Waals surface area contributed by atoms with Gasteiger partial charge in [0.05, 0.1) is 7.11 Å². The number of carbonyl (C=O) groups excluding carboxylic acids is 2. The largest absolute Gasteiger partial charge is 0.467 e. The number of methoxy groups -OCH3 is 1. The quantitative estimate of drug-likeness (QED) is 0.684. The van der Waals surface area contributed by atoms with E-state index in [0.29, 0.717) is 0 Å². The predicted molar refractivity (Wildman–Crippen MR) is 72.8 cm³/mol. The fourth-order valence-corrected chi connectivity index (χ4v) is 1.51. The number of halogens is 1. The Labute approximate surface area is 114 Å². The zero-order chi connectivity index (χ0) is 13.5. The number of rotatable bonds is 4. The van der Waals surface area contributed by atoms with Crippen LogP contribution < -0.4 is 5.32 Å². The van der Waals surface area contributed by atoms with Crippen LogP contribution in [0.4, 0.5) is 0 Å². The zero-order valence-electron chi connectivity index (χ0n) is 10.1. The molecule has 0 fully saturated rings. The molecule has 1 aromatic rings. The van der Waals surface area contributed by atoms with Gasteiger partial charge in [-0.1, -0.05) is 28.1 Å². The fraction of sp³-hybridized carbons (Fsp3) is 0.231. The highest BCUT2D eigenvalue weighted by atomic mass is 79.9. The van der Waals surface area contributed by atoms with E-state index >= 15 is 0 Å². The summed E-state index contributed by atoms with van der Waals surface area (Å²) in [4.78, 5) is 22.6. The molecule has 96 valence electrons. The van der Waals surface area contributed by atoms with E-state index in [0.717, 1.165) is 10.0 Å². The van der Waals surface area contributed by atoms with E-state index in [1.165, 1.54) is 13.2 Å². The monoisotopic (exact) mass is 311 g/mol. The molecule has 0 spiro atoms. The van der Waals surface area contributed by atoms with Crippen molar-refractivity contribution in [2.24, 2.45) is 0 Å². The average molecular weight is 312 g/mol. The second-order valence-corrected chi connectivity index (χ2v) is 4.55. The van der Waals surface area contributed by atoms with E-state index < -0.39 is 12.0 Å². The number of nitrogens with one attached hydrogen (secondary N) is 1. The van der Waals surface area contributed by atoms with E-state index in [4.69, 9.17) is 0 Å². The summed E-state index contributed by atoms with van der Waals surface area (Å²) in [5, 5.41) is 2.50. The van der Waals surface area contributed by atoms with Gasteiger partial charge in [-0.25, -0.2) is 4.79 Å². The Bertz CT molecular complexity index is 454. The third kappa shape index (κ3) is 4.71. The molecule has 1 rings (SSSR count). The van der Waals surface area contributed by atoms with Crippen molar-refractivity contribution < 1.29 is 14.3 Å². The number of esters is 1. The van der Waals surface area contributed by atoms with Gasteiger partial charge >= 0.3 is 5.97 Å². The molecule has 0 aromatic heterocycles. The lowest BCUT2D eigenvalue weighted by Gasteiger charge is -2.09. The van der Waals surface area contributed by atoms with Crippen molar-refractivity contribution >= 4 is 33.9 Å². The first-order chi connectivity index (χ1) is 8.52. The maximum Gasteiger partial charge on any atom is 0.328 e. The highest BCUT2D eigenvalue weighted by molar-refractivity contribution is 9.10. The Hall–Kier alpha value is -1.62. The lowest BCUT2D eigenvalue weighted by atomic mass is 10.2. The molecule has 18 heavy (non-hydrogen) atoms. The molecule has 5 heteroatoms. The van der Waals surface area contributed by atoms with Crippen LogP contribution in [0.1, 0.15) is 12.5 Å². The maximum absolute atomic E-state index is 11.5. The standard InChI is InChI=1S/C13H14BrNO3/c1-9(13(17)18-2)15-12(16)8-5-10-3-6-11(14)7-4-10/h3-9H,1-2H3,(H,15,16). The number of amides is 1. The van der Waals surface area contributed by atoms with Crippen molar-refractivity contribution in [3.8, 4) is 0 Å². The number of carbonyl (C=O) groups is 2. The molecule has 0 aliphatic carbocycles. The number of benzene rings is 1. The van der Waals surface area contributed by atoms with Gasteiger partial charge in [-0.05, 0) is 30.7 Å². The van der Waals surface area contributed by atoms with Crippen molar-refractivity contribution in [3.05, 3.63) is 40.4 Å². The van der Waals surface area contributed by atoms with E-state index in [2.05, 4.69) is 26.0 Å². The Morgan fingerprint density at radius 3 is 2.50 bits per heavy atom. The summed E-state index contributed by atoms with van der Waals surface area (Å²) in [6, 6.07) is 6.86. The van der Waals surface area contributed by atoms with Gasteiger partial charge in [-0.2, -0.15) is 0 Å². The smallest absolute Gasteiger partial charge is 0.328 e. The second-order valence-electron chi connectivity index (χ2n) is 3.64. The van der Waals surface area contributed by atoms with Crippen LogP contribution in [-0.4, -0.2) is 25.0 Å². The summed E-state index contributed by atoms with van der Waals surface area (Å²) >= 11 is 3.33. The van der Waals surface area contributed by atoms with Gasteiger partial charge in [0, 0.05) is 10.5 Å². The number of hydrogen-bond donors (Lipinski definition) is 1. The summed E-state index contributed by atoms with van der Waals surface area (Å²) in [5.41, 5.74) is 0.902. The fourth-order valence-electron chi connectivity index (χ4n) is 1.24. The van der Waals surface area contributed by atoms with Crippen LogP contribution in [0.15, 0.2) is 34.8 Å². The van der Waals surface area contributed by atoms with Crippen molar-refractivity contribution in [1.29, 1.82) is 0 Å². The van der Waals surface area contributed by atoms with Crippen LogP contribution >= 0.6 is 15.9 Å². The highest BCUT2D eigenvalue weighted by Gasteiger charge is 2.13. The molecule has 0 bridgehead atoms. The zero-order valence-corrected chi connectivity index (χ0v) is 11.7. The number of ether oxygens (including phenoxy) is 1. The van der Waals surface area contributed by atoms with Gasteiger partial charge in [-0.15, -0.1) is 0 Å². The van der Waals surface area contributed by atoms with Gasteiger partial charge < -0.3 is 10.1 Å². The lowest BCUT2D eigenvalue weighted by molar-refractivity contribution is -0.144. The van der Waals surface area contributed by atoms with Crippen LogP contribution in [0.5, 0.6) is 0 Å². The van der Waals surface area contributed by atoms with E-state index in [-0.39, 0.29) is 5.91 Å². The summed E-state index contributed by atoms with van der Waals surface area (Å²) < 4.78 is 5.48.